The van der Waals surface area contributed by atoms with Crippen molar-refractivity contribution in [2.45, 2.75) is 0 Å². The second-order valence-corrected chi connectivity index (χ2v) is 4.23. The van der Waals surface area contributed by atoms with Crippen LogP contribution in [0.4, 0.5) is 0 Å². The van der Waals surface area contributed by atoms with Crippen molar-refractivity contribution in [2.24, 2.45) is 0 Å². The molecule has 0 saturated carbocycles. The van der Waals surface area contributed by atoms with Crippen molar-refractivity contribution in [2.75, 3.05) is 39.6 Å². The first-order valence-corrected chi connectivity index (χ1v) is 6.07. The Balaban J connectivity index is 2.45. The highest BCUT2D eigenvalue weighted by Gasteiger charge is 2.26. The molecule has 0 atom stereocenters. The van der Waals surface area contributed by atoms with Crippen LogP contribution in [-0.2, 0) is 27.6 Å². The van der Waals surface area contributed by atoms with Crippen molar-refractivity contribution in [1.29, 1.82) is 0 Å². The topological polar surface area (TPSA) is 63.2 Å². The van der Waals surface area contributed by atoms with Crippen LogP contribution in [0, 0.1) is 0 Å². The van der Waals surface area contributed by atoms with E-state index < -0.39 is 7.82 Å². The molecule has 1 heterocycles. The molecule has 0 aromatic rings. The van der Waals surface area contributed by atoms with Gasteiger partial charge in [-0.15, -0.1) is 0 Å². The Hall–Kier alpha value is -0.390. The molecule has 0 amide bonds. The maximum Gasteiger partial charge on any atom is 0.529 e. The molecule has 0 radical (unpaired) electrons. The average molecular weight is 238 g/mol. The SMILES string of the molecule is C=COP1(=O)OCCOCCOCCO1. The summed E-state index contributed by atoms with van der Waals surface area (Å²) in [6, 6.07) is 0. The minimum Gasteiger partial charge on any atom is -0.413 e. The third-order valence-electron chi connectivity index (χ3n) is 1.53. The second-order valence-electron chi connectivity index (χ2n) is 2.61. The second kappa shape index (κ2) is 6.98. The fraction of sp³-hybridized carbons (Fsp3) is 0.750. The highest BCUT2D eigenvalue weighted by atomic mass is 31.2. The van der Waals surface area contributed by atoms with E-state index >= 15 is 0 Å². The van der Waals surface area contributed by atoms with Gasteiger partial charge in [-0.3, -0.25) is 9.05 Å². The zero-order valence-electron chi connectivity index (χ0n) is 8.42. The van der Waals surface area contributed by atoms with E-state index in [0.717, 1.165) is 6.26 Å². The molecule has 7 heteroatoms. The van der Waals surface area contributed by atoms with Gasteiger partial charge in [0.15, 0.2) is 0 Å². The lowest BCUT2D eigenvalue weighted by molar-refractivity contribution is 0.0375. The monoisotopic (exact) mass is 238 g/mol. The lowest BCUT2D eigenvalue weighted by Crippen LogP contribution is -2.08. The summed E-state index contributed by atoms with van der Waals surface area (Å²) in [5, 5.41) is 0. The van der Waals surface area contributed by atoms with Crippen LogP contribution in [0.15, 0.2) is 12.8 Å². The molecule has 0 aliphatic carbocycles. The van der Waals surface area contributed by atoms with Crippen molar-refractivity contribution < 1.29 is 27.6 Å². The molecule has 1 aliphatic heterocycles. The molecular formula is C8H15O6P. The zero-order valence-corrected chi connectivity index (χ0v) is 9.32. The molecule has 15 heavy (non-hydrogen) atoms. The van der Waals surface area contributed by atoms with Gasteiger partial charge in [0, 0.05) is 0 Å². The van der Waals surface area contributed by atoms with Gasteiger partial charge in [-0.05, 0) is 0 Å². The number of hydrogen-bond donors (Lipinski definition) is 0. The summed E-state index contributed by atoms with van der Waals surface area (Å²) in [7, 11) is -3.53. The zero-order chi connectivity index (χ0) is 11.0. The van der Waals surface area contributed by atoms with Crippen LogP contribution >= 0.6 is 7.82 Å². The van der Waals surface area contributed by atoms with E-state index in [2.05, 4.69) is 6.58 Å². The van der Waals surface area contributed by atoms with Crippen LogP contribution < -0.4 is 0 Å². The van der Waals surface area contributed by atoms with Gasteiger partial charge in [-0.1, -0.05) is 6.58 Å². The predicted molar refractivity (Wildman–Crippen MR) is 52.4 cm³/mol. The molecule has 1 rings (SSSR count). The molecule has 0 spiro atoms. The lowest BCUT2D eigenvalue weighted by Gasteiger charge is -2.15. The van der Waals surface area contributed by atoms with Crippen LogP contribution in [0.5, 0.6) is 0 Å². The number of phosphoric ester groups is 1. The van der Waals surface area contributed by atoms with Crippen LogP contribution in [0.3, 0.4) is 0 Å². The molecule has 0 unspecified atom stereocenters. The number of phosphoric acid groups is 1. The van der Waals surface area contributed by atoms with Crippen molar-refractivity contribution in [3.8, 4) is 0 Å². The van der Waals surface area contributed by atoms with Gasteiger partial charge in [-0.25, -0.2) is 4.57 Å². The molecule has 1 fully saturated rings. The minimum atomic E-state index is -3.53. The number of rotatable bonds is 2. The fourth-order valence-electron chi connectivity index (χ4n) is 0.927. The molecule has 0 aromatic carbocycles. The molecule has 6 nitrogen and oxygen atoms in total. The number of hydrogen-bond acceptors (Lipinski definition) is 6. The Morgan fingerprint density at radius 1 is 1.00 bits per heavy atom. The first kappa shape index (κ1) is 12.7. The van der Waals surface area contributed by atoms with E-state index in [-0.39, 0.29) is 13.2 Å². The van der Waals surface area contributed by atoms with Gasteiger partial charge >= 0.3 is 7.82 Å². The summed E-state index contributed by atoms with van der Waals surface area (Å²) in [4.78, 5) is 0. The average Bonchev–Trinajstić information content (AvgIpc) is 2.24. The molecule has 0 bridgehead atoms. The molecule has 1 aliphatic rings. The van der Waals surface area contributed by atoms with Crippen LogP contribution in [0.25, 0.3) is 0 Å². The van der Waals surface area contributed by atoms with E-state index in [1.54, 1.807) is 0 Å². The molecule has 0 N–H and O–H groups in total. The maximum atomic E-state index is 11.7. The first-order chi connectivity index (χ1) is 7.27. The summed E-state index contributed by atoms with van der Waals surface area (Å²) < 4.78 is 36.6. The quantitative estimate of drug-likeness (QED) is 0.534. The van der Waals surface area contributed by atoms with Crippen LogP contribution in [0.1, 0.15) is 0 Å². The van der Waals surface area contributed by atoms with E-state index in [1.807, 2.05) is 0 Å². The maximum absolute atomic E-state index is 11.7. The lowest BCUT2D eigenvalue weighted by atomic mass is 10.7. The predicted octanol–water partition coefficient (Wildman–Crippen LogP) is 1.33. The summed E-state index contributed by atoms with van der Waals surface area (Å²) in [5.74, 6) is 0. The van der Waals surface area contributed by atoms with E-state index in [1.165, 1.54) is 0 Å². The van der Waals surface area contributed by atoms with Crippen LogP contribution in [-0.4, -0.2) is 39.6 Å². The largest absolute Gasteiger partial charge is 0.529 e. The van der Waals surface area contributed by atoms with Gasteiger partial charge in [0.05, 0.1) is 45.9 Å². The minimum absolute atomic E-state index is 0.144. The fourth-order valence-corrected chi connectivity index (χ4v) is 1.90. The summed E-state index contributed by atoms with van der Waals surface area (Å²) in [5.41, 5.74) is 0. The van der Waals surface area contributed by atoms with E-state index in [9.17, 15) is 4.57 Å². The Labute approximate surface area is 88.7 Å². The Kier molecular flexibility index (Phi) is 5.90. The Bertz CT molecular complexity index is 215. The molecule has 0 aromatic heterocycles. The van der Waals surface area contributed by atoms with Crippen molar-refractivity contribution in [1.82, 2.24) is 0 Å². The third kappa shape index (κ3) is 5.30. The standard InChI is InChI=1S/C8H15O6P/c1-2-12-15(9)13-7-5-10-3-4-11-6-8-14-15/h2H,1,3-8H2. The smallest absolute Gasteiger partial charge is 0.413 e. The van der Waals surface area contributed by atoms with Gasteiger partial charge in [-0.2, -0.15) is 0 Å². The highest BCUT2D eigenvalue weighted by molar-refractivity contribution is 7.48. The highest BCUT2D eigenvalue weighted by Crippen LogP contribution is 2.49. The summed E-state index contributed by atoms with van der Waals surface area (Å²) in [6.07, 6.45) is 1.03. The van der Waals surface area contributed by atoms with Gasteiger partial charge in [0.1, 0.15) is 0 Å². The number of ether oxygens (including phenoxy) is 2. The van der Waals surface area contributed by atoms with E-state index in [0.29, 0.717) is 26.4 Å². The molecular weight excluding hydrogens is 223 g/mol. The normalized spacial score (nSPS) is 23.7. The Morgan fingerprint density at radius 3 is 1.93 bits per heavy atom. The molecule has 1 saturated heterocycles. The van der Waals surface area contributed by atoms with Gasteiger partial charge < -0.3 is 14.0 Å². The Morgan fingerprint density at radius 2 is 1.47 bits per heavy atom. The van der Waals surface area contributed by atoms with Crippen molar-refractivity contribution in [3.63, 3.8) is 0 Å². The summed E-state index contributed by atoms with van der Waals surface area (Å²) >= 11 is 0. The first-order valence-electron chi connectivity index (χ1n) is 4.61. The summed E-state index contributed by atoms with van der Waals surface area (Å²) in [6.45, 7) is 5.18. The van der Waals surface area contributed by atoms with Crippen LogP contribution in [0.2, 0.25) is 0 Å². The third-order valence-corrected chi connectivity index (χ3v) is 2.93. The van der Waals surface area contributed by atoms with Crippen molar-refractivity contribution >= 4 is 7.82 Å². The van der Waals surface area contributed by atoms with E-state index in [4.69, 9.17) is 23.0 Å². The molecule has 88 valence electrons. The van der Waals surface area contributed by atoms with Crippen molar-refractivity contribution in [3.05, 3.63) is 12.8 Å². The van der Waals surface area contributed by atoms with Gasteiger partial charge in [0.25, 0.3) is 0 Å². The van der Waals surface area contributed by atoms with Gasteiger partial charge in [0.2, 0.25) is 0 Å².